The third kappa shape index (κ3) is 6.64. The second-order valence-corrected chi connectivity index (χ2v) is 11.1. The molecule has 6 heteroatoms. The third-order valence-electron chi connectivity index (χ3n) is 7.90. The molecule has 48 heavy (non-hydrogen) atoms. The highest BCUT2D eigenvalue weighted by molar-refractivity contribution is 6.07. The lowest BCUT2D eigenvalue weighted by Gasteiger charge is -2.04. The molecule has 0 saturated carbocycles. The van der Waals surface area contributed by atoms with Crippen molar-refractivity contribution in [2.24, 2.45) is 0 Å². The quantitative estimate of drug-likeness (QED) is 0.113. The van der Waals surface area contributed by atoms with Gasteiger partial charge < -0.3 is 0 Å². The molecule has 0 amide bonds. The van der Waals surface area contributed by atoms with Crippen LogP contribution in [0.3, 0.4) is 0 Å². The SMILES string of the molecule is O=C(C=Cc1cn(-c2ccccc2)nc1-c1ccc(-c2nn(-c3ccccc3)cc2C=CC(=O)c2ccccc2)cc1)c1ccccc1. The largest absolute Gasteiger partial charge is 0.289 e. The first kappa shape index (κ1) is 30.0. The first-order chi connectivity index (χ1) is 23.6. The Hall–Kier alpha value is -6.66. The van der Waals surface area contributed by atoms with E-state index in [2.05, 4.69) is 0 Å². The minimum Gasteiger partial charge on any atom is -0.289 e. The smallest absolute Gasteiger partial charge is 0.185 e. The Balaban J connectivity index is 1.24. The zero-order valence-corrected chi connectivity index (χ0v) is 25.9. The van der Waals surface area contributed by atoms with Gasteiger partial charge in [-0.15, -0.1) is 0 Å². The Morgan fingerprint density at radius 3 is 1.12 bits per heavy atom. The van der Waals surface area contributed by atoms with Gasteiger partial charge >= 0.3 is 0 Å². The highest BCUT2D eigenvalue weighted by Gasteiger charge is 2.15. The van der Waals surface area contributed by atoms with E-state index in [-0.39, 0.29) is 11.6 Å². The molecule has 0 aliphatic rings. The van der Waals surface area contributed by atoms with Gasteiger partial charge in [0.25, 0.3) is 0 Å². The molecule has 0 atom stereocenters. The summed E-state index contributed by atoms with van der Waals surface area (Å²) in [5.41, 5.74) is 7.96. The van der Waals surface area contributed by atoms with Gasteiger partial charge in [-0.25, -0.2) is 9.36 Å². The first-order valence-electron chi connectivity index (χ1n) is 15.6. The average Bonchev–Trinajstić information content (AvgIpc) is 3.79. The molecule has 0 fully saturated rings. The lowest BCUT2D eigenvalue weighted by atomic mass is 10.0. The molecular weight excluding hydrogens is 592 g/mol. The normalized spacial score (nSPS) is 11.3. The van der Waals surface area contributed by atoms with Crippen LogP contribution < -0.4 is 0 Å². The molecule has 5 aromatic carbocycles. The van der Waals surface area contributed by atoms with Crippen molar-refractivity contribution < 1.29 is 9.59 Å². The number of allylic oxidation sites excluding steroid dienone is 2. The summed E-state index contributed by atoms with van der Waals surface area (Å²) in [6.45, 7) is 0. The minimum atomic E-state index is -0.0790. The molecule has 0 spiro atoms. The van der Waals surface area contributed by atoms with Crippen molar-refractivity contribution in [1.29, 1.82) is 0 Å². The number of ketones is 2. The van der Waals surface area contributed by atoms with Crippen molar-refractivity contribution in [2.75, 3.05) is 0 Å². The summed E-state index contributed by atoms with van der Waals surface area (Å²) in [4.78, 5) is 25.8. The number of carbonyl (C=O) groups excluding carboxylic acids is 2. The summed E-state index contributed by atoms with van der Waals surface area (Å²) in [5.74, 6) is -0.158. The number of hydrogen-bond acceptors (Lipinski definition) is 4. The number of aromatic nitrogens is 4. The standard InChI is InChI=1S/C42H30N4O2/c47-39(31-13-5-1-6-14-31)27-25-35-29-45(37-17-9-3-10-18-37)43-41(35)33-21-23-34(24-22-33)42-36(26-28-40(48)32-15-7-2-8-16-32)30-46(44-42)38-19-11-4-12-20-38/h1-30H. The number of para-hydroxylation sites is 2. The molecule has 0 bridgehead atoms. The second kappa shape index (κ2) is 13.8. The summed E-state index contributed by atoms with van der Waals surface area (Å²) < 4.78 is 3.65. The first-order valence-corrected chi connectivity index (χ1v) is 15.6. The Bertz CT molecular complexity index is 2070. The number of benzene rings is 5. The van der Waals surface area contributed by atoms with E-state index in [1.807, 2.05) is 155 Å². The van der Waals surface area contributed by atoms with E-state index in [1.54, 1.807) is 36.4 Å². The zero-order valence-electron chi connectivity index (χ0n) is 25.9. The molecule has 6 nitrogen and oxygen atoms in total. The number of carbonyl (C=O) groups is 2. The summed E-state index contributed by atoms with van der Waals surface area (Å²) in [6.07, 6.45) is 10.7. The second-order valence-electron chi connectivity index (χ2n) is 11.1. The van der Waals surface area contributed by atoms with Crippen molar-refractivity contribution in [1.82, 2.24) is 19.6 Å². The fourth-order valence-electron chi connectivity index (χ4n) is 5.41. The average molecular weight is 623 g/mol. The van der Waals surface area contributed by atoms with Crippen LogP contribution in [0.2, 0.25) is 0 Å². The molecule has 0 unspecified atom stereocenters. The molecule has 230 valence electrons. The van der Waals surface area contributed by atoms with Gasteiger partial charge in [-0.3, -0.25) is 9.59 Å². The Kier molecular flexibility index (Phi) is 8.61. The number of nitrogens with zero attached hydrogens (tertiary/aromatic N) is 4. The maximum Gasteiger partial charge on any atom is 0.185 e. The van der Waals surface area contributed by atoms with E-state index in [9.17, 15) is 9.59 Å². The molecular formula is C42H30N4O2. The van der Waals surface area contributed by atoms with E-state index >= 15 is 0 Å². The Morgan fingerprint density at radius 1 is 0.438 bits per heavy atom. The molecule has 0 radical (unpaired) electrons. The fourth-order valence-corrected chi connectivity index (χ4v) is 5.41. The van der Waals surface area contributed by atoms with E-state index < -0.39 is 0 Å². The lowest BCUT2D eigenvalue weighted by molar-refractivity contribution is 0.103. The number of hydrogen-bond donors (Lipinski definition) is 0. The van der Waals surface area contributed by atoms with E-state index in [1.165, 1.54) is 0 Å². The van der Waals surface area contributed by atoms with Crippen LogP contribution in [0.5, 0.6) is 0 Å². The molecule has 7 aromatic rings. The van der Waals surface area contributed by atoms with Crippen molar-refractivity contribution in [3.05, 3.63) is 192 Å². The highest BCUT2D eigenvalue weighted by atomic mass is 16.1. The monoisotopic (exact) mass is 622 g/mol. The summed E-state index contributed by atoms with van der Waals surface area (Å²) in [5, 5.41) is 9.86. The minimum absolute atomic E-state index is 0.0790. The van der Waals surface area contributed by atoms with E-state index in [0.29, 0.717) is 11.1 Å². The van der Waals surface area contributed by atoms with Crippen LogP contribution in [0.15, 0.2) is 170 Å². The van der Waals surface area contributed by atoms with Crippen molar-refractivity contribution in [3.8, 4) is 33.9 Å². The van der Waals surface area contributed by atoms with Crippen LogP contribution in [0.25, 0.3) is 46.0 Å². The molecule has 2 aromatic heterocycles. The predicted octanol–water partition coefficient (Wildman–Crippen LogP) is 9.18. The van der Waals surface area contributed by atoms with E-state index in [4.69, 9.17) is 10.2 Å². The Labute approximate surface area is 278 Å². The van der Waals surface area contributed by atoms with Gasteiger partial charge in [-0.1, -0.05) is 121 Å². The lowest BCUT2D eigenvalue weighted by Crippen LogP contribution is -1.94. The van der Waals surface area contributed by atoms with Crippen molar-refractivity contribution in [3.63, 3.8) is 0 Å². The van der Waals surface area contributed by atoms with Gasteiger partial charge in [0.2, 0.25) is 0 Å². The van der Waals surface area contributed by atoms with Gasteiger partial charge in [0.15, 0.2) is 11.6 Å². The van der Waals surface area contributed by atoms with Gasteiger partial charge in [-0.05, 0) is 48.6 Å². The van der Waals surface area contributed by atoms with Gasteiger partial charge in [-0.2, -0.15) is 10.2 Å². The van der Waals surface area contributed by atoms with Gasteiger partial charge in [0.05, 0.1) is 22.8 Å². The number of rotatable bonds is 10. The molecule has 2 heterocycles. The van der Waals surface area contributed by atoms with Crippen LogP contribution in [-0.4, -0.2) is 31.1 Å². The maximum absolute atomic E-state index is 12.9. The molecule has 0 aliphatic heterocycles. The van der Waals surface area contributed by atoms with Crippen LogP contribution >= 0.6 is 0 Å². The van der Waals surface area contributed by atoms with Crippen LogP contribution in [0.4, 0.5) is 0 Å². The van der Waals surface area contributed by atoms with Crippen LogP contribution in [0.1, 0.15) is 31.8 Å². The zero-order chi connectivity index (χ0) is 32.7. The van der Waals surface area contributed by atoms with Crippen molar-refractivity contribution >= 4 is 23.7 Å². The van der Waals surface area contributed by atoms with Crippen LogP contribution in [0, 0.1) is 0 Å². The molecule has 0 N–H and O–H groups in total. The maximum atomic E-state index is 12.9. The predicted molar refractivity (Wildman–Crippen MR) is 191 cm³/mol. The van der Waals surface area contributed by atoms with Gasteiger partial charge in [0, 0.05) is 45.8 Å². The molecule has 7 rings (SSSR count). The Morgan fingerprint density at radius 2 is 0.771 bits per heavy atom. The molecule has 0 aliphatic carbocycles. The summed E-state index contributed by atoms with van der Waals surface area (Å²) >= 11 is 0. The topological polar surface area (TPSA) is 69.8 Å². The van der Waals surface area contributed by atoms with Gasteiger partial charge in [0.1, 0.15) is 0 Å². The highest BCUT2D eigenvalue weighted by Crippen LogP contribution is 2.30. The van der Waals surface area contributed by atoms with E-state index in [0.717, 1.165) is 45.0 Å². The molecule has 0 saturated heterocycles. The summed E-state index contributed by atoms with van der Waals surface area (Å²) in [6, 6.07) is 46.2. The fraction of sp³-hybridized carbons (Fsp3) is 0. The van der Waals surface area contributed by atoms with Crippen molar-refractivity contribution in [2.45, 2.75) is 0 Å². The summed E-state index contributed by atoms with van der Waals surface area (Å²) in [7, 11) is 0. The third-order valence-corrected chi connectivity index (χ3v) is 7.90. The van der Waals surface area contributed by atoms with Crippen LogP contribution in [-0.2, 0) is 0 Å².